The van der Waals surface area contributed by atoms with Crippen molar-refractivity contribution in [2.75, 3.05) is 45.2 Å². The first-order chi connectivity index (χ1) is 7.72. The lowest BCUT2D eigenvalue weighted by atomic mass is 10.3. The number of rotatable bonds is 2. The van der Waals surface area contributed by atoms with E-state index in [9.17, 15) is 0 Å². The van der Waals surface area contributed by atoms with Gasteiger partial charge in [0.2, 0.25) is 0 Å². The molecular formula is C11H16ClN3O. The number of pyridine rings is 1. The van der Waals surface area contributed by atoms with Crippen LogP contribution in [-0.2, 0) is 0 Å². The third-order valence-corrected chi connectivity index (χ3v) is 3.14. The molecule has 1 aromatic rings. The van der Waals surface area contributed by atoms with Crippen molar-refractivity contribution in [2.45, 2.75) is 0 Å². The Bertz CT molecular complexity index is 364. The molecule has 1 aliphatic rings. The molecule has 0 N–H and O–H groups in total. The minimum atomic E-state index is 0.617. The average Bonchev–Trinajstić information content (AvgIpc) is 2.30. The van der Waals surface area contributed by atoms with Gasteiger partial charge in [0, 0.05) is 32.4 Å². The lowest BCUT2D eigenvalue weighted by molar-refractivity contribution is 0.310. The second-order valence-electron chi connectivity index (χ2n) is 3.94. The molecule has 1 saturated heterocycles. The van der Waals surface area contributed by atoms with Crippen molar-refractivity contribution in [1.29, 1.82) is 0 Å². The highest BCUT2D eigenvalue weighted by molar-refractivity contribution is 6.32. The van der Waals surface area contributed by atoms with Gasteiger partial charge >= 0.3 is 0 Å². The quantitative estimate of drug-likeness (QED) is 0.785. The first-order valence-electron chi connectivity index (χ1n) is 5.34. The largest absolute Gasteiger partial charge is 0.491 e. The Balaban J connectivity index is 2.23. The Morgan fingerprint density at radius 1 is 1.31 bits per heavy atom. The number of hydrogen-bond donors (Lipinski definition) is 0. The number of halogens is 1. The molecule has 2 rings (SSSR count). The van der Waals surface area contributed by atoms with Crippen LogP contribution in [0.15, 0.2) is 12.3 Å². The zero-order valence-electron chi connectivity index (χ0n) is 9.61. The maximum Gasteiger partial charge on any atom is 0.180 e. The Labute approximate surface area is 101 Å². The van der Waals surface area contributed by atoms with Gasteiger partial charge in [-0.3, -0.25) is 0 Å². The summed E-state index contributed by atoms with van der Waals surface area (Å²) in [5.41, 5.74) is 0. The molecule has 0 spiro atoms. The number of hydrogen-bond acceptors (Lipinski definition) is 4. The lowest BCUT2D eigenvalue weighted by Crippen LogP contribution is -2.44. The van der Waals surface area contributed by atoms with Gasteiger partial charge in [-0.15, -0.1) is 0 Å². The highest BCUT2D eigenvalue weighted by atomic mass is 35.5. The van der Waals surface area contributed by atoms with Crippen LogP contribution in [-0.4, -0.2) is 50.2 Å². The number of ether oxygens (including phenoxy) is 1. The first-order valence-corrected chi connectivity index (χ1v) is 5.72. The number of nitrogens with zero attached hydrogens (tertiary/aromatic N) is 3. The van der Waals surface area contributed by atoms with E-state index in [1.165, 1.54) is 0 Å². The van der Waals surface area contributed by atoms with Gasteiger partial charge in [0.15, 0.2) is 11.6 Å². The van der Waals surface area contributed by atoms with E-state index in [1.54, 1.807) is 19.4 Å². The smallest absolute Gasteiger partial charge is 0.180 e. The van der Waals surface area contributed by atoms with Crippen molar-refractivity contribution in [1.82, 2.24) is 9.88 Å². The highest BCUT2D eigenvalue weighted by Crippen LogP contribution is 2.33. The van der Waals surface area contributed by atoms with E-state index in [2.05, 4.69) is 21.8 Å². The highest BCUT2D eigenvalue weighted by Gasteiger charge is 2.20. The van der Waals surface area contributed by atoms with Crippen LogP contribution in [0.2, 0.25) is 5.02 Å². The monoisotopic (exact) mass is 241 g/mol. The summed E-state index contributed by atoms with van der Waals surface area (Å²) >= 11 is 6.08. The van der Waals surface area contributed by atoms with Crippen molar-refractivity contribution in [3.05, 3.63) is 17.3 Å². The second kappa shape index (κ2) is 4.89. The van der Waals surface area contributed by atoms with Gasteiger partial charge in [0.05, 0.1) is 12.1 Å². The minimum absolute atomic E-state index is 0.617. The molecule has 1 aliphatic heterocycles. The van der Waals surface area contributed by atoms with E-state index in [0.29, 0.717) is 10.8 Å². The van der Waals surface area contributed by atoms with Crippen LogP contribution in [0.1, 0.15) is 0 Å². The molecule has 0 amide bonds. The Morgan fingerprint density at radius 2 is 2.00 bits per heavy atom. The van der Waals surface area contributed by atoms with E-state index in [4.69, 9.17) is 16.3 Å². The molecule has 0 bridgehead atoms. The summed E-state index contributed by atoms with van der Waals surface area (Å²) < 4.78 is 5.31. The third kappa shape index (κ3) is 2.23. The number of methoxy groups -OCH3 is 1. The minimum Gasteiger partial charge on any atom is -0.491 e. The van der Waals surface area contributed by atoms with Crippen molar-refractivity contribution in [3.8, 4) is 5.75 Å². The van der Waals surface area contributed by atoms with E-state index < -0.39 is 0 Å². The van der Waals surface area contributed by atoms with Gasteiger partial charge in [-0.05, 0) is 13.1 Å². The predicted octanol–water partition coefficient (Wildman–Crippen LogP) is 1.50. The van der Waals surface area contributed by atoms with Gasteiger partial charge < -0.3 is 14.5 Å². The molecular weight excluding hydrogens is 226 g/mol. The molecule has 88 valence electrons. The third-order valence-electron chi connectivity index (χ3n) is 2.84. The molecule has 16 heavy (non-hydrogen) atoms. The topological polar surface area (TPSA) is 28.6 Å². The number of piperazine rings is 1. The SMILES string of the molecule is COc1c(Cl)ccnc1N1CCN(C)CC1. The Hall–Kier alpha value is -1.00. The Kier molecular flexibility index (Phi) is 3.51. The number of anilines is 1. The van der Waals surface area contributed by atoms with E-state index >= 15 is 0 Å². The van der Waals surface area contributed by atoms with Crippen molar-refractivity contribution >= 4 is 17.4 Å². The van der Waals surface area contributed by atoms with Gasteiger partial charge in [0.25, 0.3) is 0 Å². The van der Waals surface area contributed by atoms with Crippen LogP contribution in [0.5, 0.6) is 5.75 Å². The molecule has 4 nitrogen and oxygen atoms in total. The predicted molar refractivity (Wildman–Crippen MR) is 65.5 cm³/mol. The van der Waals surface area contributed by atoms with Crippen molar-refractivity contribution < 1.29 is 4.74 Å². The summed E-state index contributed by atoms with van der Waals surface area (Å²) in [6.45, 7) is 4.00. The van der Waals surface area contributed by atoms with E-state index in [-0.39, 0.29) is 0 Å². The number of aromatic nitrogens is 1. The molecule has 2 heterocycles. The molecule has 1 aromatic heterocycles. The van der Waals surface area contributed by atoms with Crippen molar-refractivity contribution in [2.24, 2.45) is 0 Å². The second-order valence-corrected chi connectivity index (χ2v) is 4.35. The number of likely N-dealkylation sites (N-methyl/N-ethyl adjacent to an activating group) is 1. The molecule has 5 heteroatoms. The molecule has 0 aromatic carbocycles. The summed E-state index contributed by atoms with van der Waals surface area (Å²) in [6.07, 6.45) is 1.72. The first kappa shape index (κ1) is 11.5. The fourth-order valence-corrected chi connectivity index (χ4v) is 2.06. The van der Waals surface area contributed by atoms with Crippen LogP contribution in [0.3, 0.4) is 0 Å². The fraction of sp³-hybridized carbons (Fsp3) is 0.545. The molecule has 0 unspecified atom stereocenters. The summed E-state index contributed by atoms with van der Waals surface area (Å²) in [5.74, 6) is 1.52. The average molecular weight is 242 g/mol. The van der Waals surface area contributed by atoms with Crippen LogP contribution in [0.25, 0.3) is 0 Å². The van der Waals surface area contributed by atoms with Gasteiger partial charge in [-0.1, -0.05) is 11.6 Å². The standard InChI is InChI=1S/C11H16ClN3O/c1-14-5-7-15(8-6-14)11-10(16-2)9(12)3-4-13-11/h3-4H,5-8H2,1-2H3. The van der Waals surface area contributed by atoms with Crippen LogP contribution < -0.4 is 9.64 Å². The lowest BCUT2D eigenvalue weighted by Gasteiger charge is -2.33. The normalized spacial score (nSPS) is 17.6. The summed E-state index contributed by atoms with van der Waals surface area (Å²) in [6, 6.07) is 1.75. The summed E-state index contributed by atoms with van der Waals surface area (Å²) in [7, 11) is 3.75. The van der Waals surface area contributed by atoms with E-state index in [1.807, 2.05) is 0 Å². The zero-order valence-corrected chi connectivity index (χ0v) is 10.4. The Morgan fingerprint density at radius 3 is 2.62 bits per heavy atom. The maximum absolute atomic E-state index is 6.08. The van der Waals surface area contributed by atoms with Gasteiger partial charge in [0.1, 0.15) is 0 Å². The molecule has 0 aliphatic carbocycles. The van der Waals surface area contributed by atoms with E-state index in [0.717, 1.165) is 32.0 Å². The summed E-state index contributed by atoms with van der Waals surface area (Å²) in [4.78, 5) is 8.87. The van der Waals surface area contributed by atoms with Crippen LogP contribution >= 0.6 is 11.6 Å². The molecule has 0 saturated carbocycles. The zero-order chi connectivity index (χ0) is 11.5. The summed E-state index contributed by atoms with van der Waals surface area (Å²) in [5, 5.41) is 0.617. The molecule has 0 atom stereocenters. The van der Waals surface area contributed by atoms with Gasteiger partial charge in [-0.25, -0.2) is 4.98 Å². The molecule has 1 fully saturated rings. The maximum atomic E-state index is 6.08. The van der Waals surface area contributed by atoms with Gasteiger partial charge in [-0.2, -0.15) is 0 Å². The fourth-order valence-electron chi connectivity index (χ4n) is 1.85. The molecule has 0 radical (unpaired) electrons. The van der Waals surface area contributed by atoms with Crippen molar-refractivity contribution in [3.63, 3.8) is 0 Å². The van der Waals surface area contributed by atoms with Crippen LogP contribution in [0.4, 0.5) is 5.82 Å². The van der Waals surface area contributed by atoms with Crippen LogP contribution in [0, 0.1) is 0 Å².